The summed E-state index contributed by atoms with van der Waals surface area (Å²) >= 11 is 0. The van der Waals surface area contributed by atoms with Crippen molar-refractivity contribution in [2.24, 2.45) is 5.92 Å². The number of hydrogen-bond donors (Lipinski definition) is 1. The summed E-state index contributed by atoms with van der Waals surface area (Å²) in [5, 5.41) is 7.29. The lowest BCUT2D eigenvalue weighted by molar-refractivity contribution is -0.174. The molecule has 0 unspecified atom stereocenters. The lowest BCUT2D eigenvalue weighted by Crippen LogP contribution is -2.47. The monoisotopic (exact) mass is 407 g/mol. The van der Waals surface area contributed by atoms with Gasteiger partial charge in [0, 0.05) is 37.1 Å². The number of anilines is 1. The van der Waals surface area contributed by atoms with Gasteiger partial charge in [0.05, 0.1) is 12.1 Å². The van der Waals surface area contributed by atoms with E-state index in [2.05, 4.69) is 15.4 Å². The fourth-order valence-corrected chi connectivity index (χ4v) is 4.35. The third-order valence-corrected chi connectivity index (χ3v) is 5.86. The zero-order valence-electron chi connectivity index (χ0n) is 16.2. The second-order valence-electron chi connectivity index (χ2n) is 7.88. The molecule has 2 aromatic rings. The van der Waals surface area contributed by atoms with Crippen LogP contribution in [-0.2, 0) is 11.2 Å². The van der Waals surface area contributed by atoms with E-state index in [1.807, 2.05) is 12.1 Å². The molecule has 0 bridgehead atoms. The fraction of sp³-hybridized carbons (Fsp3) is 0.550. The Morgan fingerprint density at radius 3 is 2.69 bits per heavy atom. The highest BCUT2D eigenvalue weighted by Gasteiger charge is 2.47. The molecule has 2 aliphatic heterocycles. The van der Waals surface area contributed by atoms with Crippen LogP contribution in [0.3, 0.4) is 0 Å². The summed E-state index contributed by atoms with van der Waals surface area (Å²) in [5.41, 5.74) is 1.29. The Morgan fingerprint density at radius 1 is 1.28 bits per heavy atom. The molecule has 9 heteroatoms. The normalized spacial score (nSPS) is 22.8. The van der Waals surface area contributed by atoms with E-state index >= 15 is 0 Å². The van der Waals surface area contributed by atoms with Crippen molar-refractivity contribution in [2.75, 3.05) is 18.4 Å². The lowest BCUT2D eigenvalue weighted by atomic mass is 9.84. The molecule has 1 saturated heterocycles. The predicted octanol–water partition coefficient (Wildman–Crippen LogP) is 3.36. The summed E-state index contributed by atoms with van der Waals surface area (Å²) in [7, 11) is 0. The van der Waals surface area contributed by atoms with Crippen molar-refractivity contribution < 1.29 is 18.0 Å². The van der Waals surface area contributed by atoms with E-state index in [-0.39, 0.29) is 30.7 Å². The third-order valence-electron chi connectivity index (χ3n) is 5.86. The standard InChI is InChI=1S/C20H24F3N5O/c1-13-10-18-25-16(12-17(20(21,22)23)28(18)26-13)14-5-8-27(9-6-14)19(29)11-15-4-2-3-7-24-15/h2-4,7,10,14,16-17,25H,5-6,8-9,11-12H2,1H3/t16-,17+/m0/s1. The molecule has 1 N–H and O–H groups in total. The number of nitrogens with one attached hydrogen (secondary N) is 1. The van der Waals surface area contributed by atoms with E-state index in [1.54, 1.807) is 30.2 Å². The SMILES string of the molecule is Cc1cc2n(n1)[C@@H](C(F)(F)F)C[C@@H](C1CCN(C(=O)Cc3ccccn3)CC1)N2. The van der Waals surface area contributed by atoms with E-state index in [0.717, 1.165) is 10.4 Å². The molecule has 2 aromatic heterocycles. The highest BCUT2D eigenvalue weighted by atomic mass is 19.4. The number of carbonyl (C=O) groups excluding carboxylic acids is 1. The number of fused-ring (bicyclic) bond motifs is 1. The largest absolute Gasteiger partial charge is 0.410 e. The van der Waals surface area contributed by atoms with Gasteiger partial charge >= 0.3 is 6.18 Å². The first-order valence-corrected chi connectivity index (χ1v) is 9.88. The number of halogens is 3. The maximum Gasteiger partial charge on any atom is 0.410 e. The minimum atomic E-state index is -4.34. The van der Waals surface area contributed by atoms with Gasteiger partial charge in [0.15, 0.2) is 6.04 Å². The van der Waals surface area contributed by atoms with Gasteiger partial charge in [-0.1, -0.05) is 6.07 Å². The van der Waals surface area contributed by atoms with Crippen LogP contribution >= 0.6 is 0 Å². The maximum absolute atomic E-state index is 13.6. The molecule has 4 heterocycles. The first-order valence-electron chi connectivity index (χ1n) is 9.88. The van der Waals surface area contributed by atoms with Gasteiger partial charge in [0.25, 0.3) is 0 Å². The van der Waals surface area contributed by atoms with E-state index in [0.29, 0.717) is 37.4 Å². The molecule has 4 rings (SSSR count). The zero-order valence-corrected chi connectivity index (χ0v) is 16.2. The van der Waals surface area contributed by atoms with Crippen molar-refractivity contribution in [1.29, 1.82) is 0 Å². The van der Waals surface area contributed by atoms with Crippen molar-refractivity contribution in [3.05, 3.63) is 41.9 Å². The summed E-state index contributed by atoms with van der Waals surface area (Å²) < 4.78 is 41.9. The Bertz CT molecular complexity index is 859. The summed E-state index contributed by atoms with van der Waals surface area (Å²) in [6, 6.07) is 5.24. The average Bonchev–Trinajstić information content (AvgIpc) is 3.07. The minimum Gasteiger partial charge on any atom is -0.367 e. The number of aryl methyl sites for hydroxylation is 1. The minimum absolute atomic E-state index is 0.0145. The molecular formula is C20H24F3N5O. The van der Waals surface area contributed by atoms with Crippen LogP contribution in [0.25, 0.3) is 0 Å². The molecule has 1 amide bonds. The van der Waals surface area contributed by atoms with E-state index in [9.17, 15) is 18.0 Å². The van der Waals surface area contributed by atoms with Crippen LogP contribution in [0, 0.1) is 12.8 Å². The zero-order chi connectivity index (χ0) is 20.6. The topological polar surface area (TPSA) is 63.1 Å². The number of pyridine rings is 1. The molecule has 0 spiro atoms. The van der Waals surface area contributed by atoms with Gasteiger partial charge in [0.2, 0.25) is 5.91 Å². The van der Waals surface area contributed by atoms with Crippen molar-refractivity contribution in [3.63, 3.8) is 0 Å². The van der Waals surface area contributed by atoms with E-state index < -0.39 is 12.2 Å². The number of amides is 1. The molecule has 2 aliphatic rings. The van der Waals surface area contributed by atoms with Gasteiger partial charge in [-0.25, -0.2) is 4.68 Å². The van der Waals surface area contributed by atoms with Gasteiger partial charge in [-0.15, -0.1) is 0 Å². The number of hydrogen-bond acceptors (Lipinski definition) is 4. The molecule has 29 heavy (non-hydrogen) atoms. The quantitative estimate of drug-likeness (QED) is 0.848. The average molecular weight is 407 g/mol. The Balaban J connectivity index is 1.39. The third kappa shape index (κ3) is 4.23. The molecular weight excluding hydrogens is 383 g/mol. The molecule has 2 atom stereocenters. The van der Waals surface area contributed by atoms with Gasteiger partial charge in [-0.3, -0.25) is 9.78 Å². The number of rotatable bonds is 3. The molecule has 0 aliphatic carbocycles. The fourth-order valence-electron chi connectivity index (χ4n) is 4.35. The second-order valence-corrected chi connectivity index (χ2v) is 7.88. The summed E-state index contributed by atoms with van der Waals surface area (Å²) in [5.74, 6) is 0.526. The second kappa shape index (κ2) is 7.68. The van der Waals surface area contributed by atoms with Crippen LogP contribution in [-0.4, -0.2) is 50.9 Å². The maximum atomic E-state index is 13.6. The summed E-state index contributed by atoms with van der Waals surface area (Å²) in [6.45, 7) is 2.81. The molecule has 0 radical (unpaired) electrons. The lowest BCUT2D eigenvalue weighted by Gasteiger charge is -2.41. The van der Waals surface area contributed by atoms with E-state index in [1.165, 1.54) is 0 Å². The number of alkyl halides is 3. The molecule has 156 valence electrons. The number of piperidine rings is 1. The first-order chi connectivity index (χ1) is 13.8. The Hall–Kier alpha value is -2.58. The van der Waals surface area contributed by atoms with Crippen molar-refractivity contribution in [3.8, 4) is 0 Å². The van der Waals surface area contributed by atoms with Gasteiger partial charge in [0.1, 0.15) is 5.82 Å². The highest BCUT2D eigenvalue weighted by molar-refractivity contribution is 5.78. The van der Waals surface area contributed by atoms with Crippen molar-refractivity contribution in [1.82, 2.24) is 19.7 Å². The molecule has 6 nitrogen and oxygen atoms in total. The van der Waals surface area contributed by atoms with Gasteiger partial charge < -0.3 is 10.2 Å². The molecule has 1 fully saturated rings. The van der Waals surface area contributed by atoms with Crippen LogP contribution in [0.1, 0.15) is 36.7 Å². The molecule has 0 aromatic carbocycles. The van der Waals surface area contributed by atoms with Crippen LogP contribution in [0.5, 0.6) is 0 Å². The van der Waals surface area contributed by atoms with Gasteiger partial charge in [-0.05, 0) is 44.2 Å². The Morgan fingerprint density at radius 2 is 2.03 bits per heavy atom. The van der Waals surface area contributed by atoms with Crippen LogP contribution in [0.4, 0.5) is 19.0 Å². The summed E-state index contributed by atoms with van der Waals surface area (Å²) in [4.78, 5) is 18.5. The predicted molar refractivity (Wildman–Crippen MR) is 101 cm³/mol. The van der Waals surface area contributed by atoms with Crippen LogP contribution in [0.2, 0.25) is 0 Å². The van der Waals surface area contributed by atoms with Crippen LogP contribution in [0.15, 0.2) is 30.5 Å². The smallest absolute Gasteiger partial charge is 0.367 e. The number of aromatic nitrogens is 3. The number of likely N-dealkylation sites (tertiary alicyclic amines) is 1. The van der Waals surface area contributed by atoms with Gasteiger partial charge in [-0.2, -0.15) is 18.3 Å². The Kier molecular flexibility index (Phi) is 5.23. The van der Waals surface area contributed by atoms with Crippen molar-refractivity contribution >= 4 is 11.7 Å². The number of nitrogens with zero attached hydrogens (tertiary/aromatic N) is 4. The number of carbonyl (C=O) groups is 1. The highest BCUT2D eigenvalue weighted by Crippen LogP contribution is 2.42. The first kappa shape index (κ1) is 19.7. The van der Waals surface area contributed by atoms with Crippen molar-refractivity contribution in [2.45, 2.75) is 50.9 Å². The van der Waals surface area contributed by atoms with E-state index in [4.69, 9.17) is 0 Å². The van der Waals surface area contributed by atoms with Crippen LogP contribution < -0.4 is 5.32 Å². The molecule has 0 saturated carbocycles. The Labute approximate surface area is 167 Å². The summed E-state index contributed by atoms with van der Waals surface area (Å²) in [6.07, 6.45) is -1.10.